The molecule has 1 spiro atoms. The number of likely N-dealkylation sites (tertiary alicyclic amines) is 1. The van der Waals surface area contributed by atoms with Gasteiger partial charge in [-0.05, 0) is 19.8 Å². The topological polar surface area (TPSA) is 82.8 Å². The number of aliphatic imine (C=N–C) groups is 1. The smallest absolute Gasteiger partial charge is 0.220 e. The molecular weight excluding hydrogens is 330 g/mol. The Hall–Kier alpha value is -2.05. The Morgan fingerprint density at radius 3 is 2.92 bits per heavy atom. The number of oxazole rings is 1. The van der Waals surface area contributed by atoms with E-state index < -0.39 is 0 Å². The van der Waals surface area contributed by atoms with Crippen LogP contribution in [0.5, 0.6) is 0 Å². The number of nitrogens with one attached hydrogen (secondary N) is 2. The molecule has 3 heterocycles. The van der Waals surface area contributed by atoms with Gasteiger partial charge in [-0.3, -0.25) is 4.79 Å². The van der Waals surface area contributed by atoms with E-state index in [1.165, 1.54) is 0 Å². The van der Waals surface area contributed by atoms with E-state index in [4.69, 9.17) is 9.41 Å². The lowest BCUT2D eigenvalue weighted by Crippen LogP contribution is -2.51. The SMILES string of the molecule is CCNC(=NCc1ncc(C(C)(C)C)o1)N1CCCC2(CNC(=O)C2)C1. The van der Waals surface area contributed by atoms with Crippen LogP contribution in [0.2, 0.25) is 0 Å². The van der Waals surface area contributed by atoms with Crippen LogP contribution in [-0.4, -0.2) is 47.9 Å². The molecule has 1 aromatic heterocycles. The van der Waals surface area contributed by atoms with Crippen molar-refractivity contribution in [3.63, 3.8) is 0 Å². The van der Waals surface area contributed by atoms with Gasteiger partial charge < -0.3 is 20.0 Å². The van der Waals surface area contributed by atoms with Crippen molar-refractivity contribution >= 4 is 11.9 Å². The van der Waals surface area contributed by atoms with E-state index in [-0.39, 0.29) is 16.7 Å². The van der Waals surface area contributed by atoms with Crippen molar-refractivity contribution in [1.82, 2.24) is 20.5 Å². The first kappa shape index (κ1) is 18.7. The van der Waals surface area contributed by atoms with Crippen LogP contribution in [0.1, 0.15) is 58.6 Å². The summed E-state index contributed by atoms with van der Waals surface area (Å²) < 4.78 is 5.85. The van der Waals surface area contributed by atoms with Gasteiger partial charge in [0, 0.05) is 43.4 Å². The van der Waals surface area contributed by atoms with Crippen LogP contribution >= 0.6 is 0 Å². The standard InChI is InChI=1S/C19H31N5O2/c1-5-20-17(22-11-16-21-10-14(26-16)18(2,3)4)24-8-6-7-19(13-24)9-15(25)23-12-19/h10H,5-9,11-13H2,1-4H3,(H,20,22)(H,23,25). The maximum atomic E-state index is 11.7. The van der Waals surface area contributed by atoms with Gasteiger partial charge in [0.1, 0.15) is 12.3 Å². The highest BCUT2D eigenvalue weighted by Gasteiger charge is 2.42. The zero-order valence-electron chi connectivity index (χ0n) is 16.4. The molecule has 7 nitrogen and oxygen atoms in total. The number of nitrogens with zero attached hydrogens (tertiary/aromatic N) is 3. The fraction of sp³-hybridized carbons (Fsp3) is 0.737. The fourth-order valence-corrected chi connectivity index (χ4v) is 3.73. The van der Waals surface area contributed by atoms with Crippen LogP contribution in [0.25, 0.3) is 0 Å². The van der Waals surface area contributed by atoms with E-state index >= 15 is 0 Å². The Morgan fingerprint density at radius 2 is 2.31 bits per heavy atom. The highest BCUT2D eigenvalue weighted by atomic mass is 16.4. The van der Waals surface area contributed by atoms with Crippen LogP contribution in [0.15, 0.2) is 15.6 Å². The number of amides is 1. The molecule has 2 fully saturated rings. The number of carbonyl (C=O) groups is 1. The van der Waals surface area contributed by atoms with Gasteiger partial charge in [0.05, 0.1) is 6.20 Å². The first-order valence-electron chi connectivity index (χ1n) is 9.56. The van der Waals surface area contributed by atoms with Gasteiger partial charge in [0.25, 0.3) is 0 Å². The van der Waals surface area contributed by atoms with Crippen molar-refractivity contribution in [3.8, 4) is 0 Å². The Bertz CT molecular complexity index is 676. The highest BCUT2D eigenvalue weighted by molar-refractivity contribution is 5.81. The second-order valence-electron chi connectivity index (χ2n) is 8.52. The molecule has 144 valence electrons. The van der Waals surface area contributed by atoms with E-state index in [2.05, 4.69) is 48.2 Å². The Kier molecular flexibility index (Phi) is 5.25. The van der Waals surface area contributed by atoms with Gasteiger partial charge in [-0.15, -0.1) is 0 Å². The molecule has 1 amide bonds. The van der Waals surface area contributed by atoms with Crippen molar-refractivity contribution in [2.24, 2.45) is 10.4 Å². The summed E-state index contributed by atoms with van der Waals surface area (Å²) in [5, 5.41) is 6.37. The molecule has 0 saturated carbocycles. The lowest BCUT2D eigenvalue weighted by molar-refractivity contribution is -0.119. The monoisotopic (exact) mass is 361 g/mol. The number of carbonyl (C=O) groups excluding carboxylic acids is 1. The zero-order valence-corrected chi connectivity index (χ0v) is 16.4. The molecule has 2 N–H and O–H groups in total. The van der Waals surface area contributed by atoms with Crippen molar-refractivity contribution < 1.29 is 9.21 Å². The highest BCUT2D eigenvalue weighted by Crippen LogP contribution is 2.36. The normalized spacial score (nSPS) is 24.2. The van der Waals surface area contributed by atoms with Crippen LogP contribution in [-0.2, 0) is 16.8 Å². The van der Waals surface area contributed by atoms with Crippen molar-refractivity contribution in [2.75, 3.05) is 26.2 Å². The van der Waals surface area contributed by atoms with E-state index in [1.54, 1.807) is 6.20 Å². The molecule has 2 saturated heterocycles. The zero-order chi connectivity index (χ0) is 18.8. The van der Waals surface area contributed by atoms with Gasteiger partial charge in [0.2, 0.25) is 11.8 Å². The lowest BCUT2D eigenvalue weighted by atomic mass is 9.79. The molecule has 26 heavy (non-hydrogen) atoms. The van der Waals surface area contributed by atoms with Crippen LogP contribution in [0, 0.1) is 5.41 Å². The first-order valence-corrected chi connectivity index (χ1v) is 9.56. The third kappa shape index (κ3) is 4.19. The minimum atomic E-state index is -0.0548. The largest absolute Gasteiger partial charge is 0.443 e. The Labute approximate surface area is 155 Å². The molecular formula is C19H31N5O2. The summed E-state index contributed by atoms with van der Waals surface area (Å²) in [6.45, 7) is 12.2. The van der Waals surface area contributed by atoms with Crippen LogP contribution in [0.3, 0.4) is 0 Å². The predicted octanol–water partition coefficient (Wildman–Crippen LogP) is 2.04. The van der Waals surface area contributed by atoms with Gasteiger partial charge in [-0.1, -0.05) is 20.8 Å². The quantitative estimate of drug-likeness (QED) is 0.636. The summed E-state index contributed by atoms with van der Waals surface area (Å²) in [5.74, 6) is 2.56. The van der Waals surface area contributed by atoms with Crippen molar-refractivity contribution in [3.05, 3.63) is 17.8 Å². The average molecular weight is 361 g/mol. The minimum Gasteiger partial charge on any atom is -0.443 e. The predicted molar refractivity (Wildman–Crippen MR) is 101 cm³/mol. The van der Waals surface area contributed by atoms with Crippen LogP contribution in [0.4, 0.5) is 0 Å². The maximum Gasteiger partial charge on any atom is 0.220 e. The number of rotatable bonds is 3. The lowest BCUT2D eigenvalue weighted by Gasteiger charge is -2.40. The molecule has 0 aliphatic carbocycles. The number of aromatic nitrogens is 1. The fourth-order valence-electron chi connectivity index (χ4n) is 3.73. The summed E-state index contributed by atoms with van der Waals surface area (Å²) in [4.78, 5) is 23.1. The van der Waals surface area contributed by atoms with E-state index in [1.807, 2.05) is 0 Å². The second-order valence-corrected chi connectivity index (χ2v) is 8.52. The van der Waals surface area contributed by atoms with Gasteiger partial charge in [0.15, 0.2) is 5.96 Å². The third-order valence-corrected chi connectivity index (χ3v) is 5.15. The molecule has 7 heteroatoms. The number of guanidine groups is 1. The molecule has 1 atom stereocenters. The number of hydrogen-bond acceptors (Lipinski definition) is 4. The Morgan fingerprint density at radius 1 is 1.50 bits per heavy atom. The average Bonchev–Trinajstić information content (AvgIpc) is 3.19. The maximum absolute atomic E-state index is 11.7. The molecule has 2 aliphatic rings. The van der Waals surface area contributed by atoms with E-state index in [9.17, 15) is 4.79 Å². The first-order chi connectivity index (χ1) is 12.3. The summed E-state index contributed by atoms with van der Waals surface area (Å²) >= 11 is 0. The molecule has 1 unspecified atom stereocenters. The van der Waals surface area contributed by atoms with Gasteiger partial charge >= 0.3 is 0 Å². The second kappa shape index (κ2) is 7.29. The molecule has 0 bridgehead atoms. The molecule has 3 rings (SSSR count). The summed E-state index contributed by atoms with van der Waals surface area (Å²) in [6, 6.07) is 0. The van der Waals surface area contributed by atoms with Gasteiger partial charge in [-0.2, -0.15) is 0 Å². The van der Waals surface area contributed by atoms with Gasteiger partial charge in [-0.25, -0.2) is 9.98 Å². The molecule has 0 aromatic carbocycles. The summed E-state index contributed by atoms with van der Waals surface area (Å²) in [6.07, 6.45) is 4.59. The molecule has 2 aliphatic heterocycles. The van der Waals surface area contributed by atoms with Crippen LogP contribution < -0.4 is 10.6 Å². The minimum absolute atomic E-state index is 0.0495. The number of piperidine rings is 1. The summed E-state index contributed by atoms with van der Waals surface area (Å²) in [5.41, 5.74) is -0.00537. The van der Waals surface area contributed by atoms with Crippen molar-refractivity contribution in [2.45, 2.75) is 58.9 Å². The van der Waals surface area contributed by atoms with Crippen molar-refractivity contribution in [1.29, 1.82) is 0 Å². The molecule has 1 aromatic rings. The summed E-state index contributed by atoms with van der Waals surface area (Å²) in [7, 11) is 0. The van der Waals surface area contributed by atoms with E-state index in [0.717, 1.165) is 50.7 Å². The van der Waals surface area contributed by atoms with E-state index in [0.29, 0.717) is 18.9 Å². The Balaban J connectivity index is 1.70. The third-order valence-electron chi connectivity index (χ3n) is 5.15. The molecule has 0 radical (unpaired) electrons. The number of hydrogen-bond donors (Lipinski definition) is 2.